The Balaban J connectivity index is 1.09. The van der Waals surface area contributed by atoms with Gasteiger partial charge in [0.1, 0.15) is 22.9 Å². The smallest absolute Gasteiger partial charge is 0.282 e. The number of pyridine rings is 1. The maximum absolute atomic E-state index is 13.6. The molecule has 4 unspecified atom stereocenters. The summed E-state index contributed by atoms with van der Waals surface area (Å²) in [5.74, 6) is 2.83. The highest BCUT2D eigenvalue weighted by Gasteiger charge is 2.46. The lowest BCUT2D eigenvalue weighted by molar-refractivity contribution is 0.129. The number of thioether (sulfide) groups is 1. The summed E-state index contributed by atoms with van der Waals surface area (Å²) in [6, 6.07) is 36.1. The van der Waals surface area contributed by atoms with Gasteiger partial charge in [0.15, 0.2) is 0 Å². The van der Waals surface area contributed by atoms with Gasteiger partial charge in [0.05, 0.1) is 29.8 Å². The van der Waals surface area contributed by atoms with Crippen LogP contribution in [-0.2, 0) is 6.54 Å². The Morgan fingerprint density at radius 2 is 1.62 bits per heavy atom. The topological polar surface area (TPSA) is 82.4 Å². The number of hydrogen-bond acceptors (Lipinski definition) is 7. The van der Waals surface area contributed by atoms with Crippen LogP contribution in [0.2, 0.25) is 0 Å². The minimum absolute atomic E-state index is 0.0376. The number of aromatic nitrogens is 4. The maximum atomic E-state index is 13.6. The number of hydrogen-bond donors (Lipinski definition) is 0. The number of piperidine rings is 1. The van der Waals surface area contributed by atoms with Crippen LogP contribution in [0.15, 0.2) is 128 Å². The van der Waals surface area contributed by atoms with Gasteiger partial charge in [-0.15, -0.1) is 11.7 Å². The average Bonchev–Trinajstić information content (AvgIpc) is 3.78. The zero-order chi connectivity index (χ0) is 34.0. The molecule has 250 valence electrons. The van der Waals surface area contributed by atoms with Crippen LogP contribution in [0.1, 0.15) is 23.7 Å². The minimum atomic E-state index is -0.0659. The molecule has 0 aliphatic carbocycles. The average molecular weight is 680 g/mol. The van der Waals surface area contributed by atoms with Crippen LogP contribution in [0.4, 0.5) is 4.79 Å². The molecule has 0 spiro atoms. The SMILES string of the molecule is C=CC(Cn1cc(-c2ccccc2)nn1)C1CCN2C(=O)SC(c3cc(-c4ccc(Oc5ccccc5)cc4)nc4ccc(OC)cc34)C2C1. The molecule has 4 atom stereocenters. The quantitative estimate of drug-likeness (QED) is 0.133. The number of amides is 1. The van der Waals surface area contributed by atoms with Crippen molar-refractivity contribution < 1.29 is 14.3 Å². The minimum Gasteiger partial charge on any atom is -0.497 e. The number of allylic oxidation sites excluding steroid dienone is 1. The molecule has 8 rings (SSSR count). The van der Waals surface area contributed by atoms with Gasteiger partial charge in [-0.3, -0.25) is 9.48 Å². The molecule has 6 aromatic rings. The molecule has 2 aliphatic heterocycles. The van der Waals surface area contributed by atoms with Crippen molar-refractivity contribution in [2.24, 2.45) is 11.8 Å². The highest BCUT2D eigenvalue weighted by atomic mass is 32.2. The van der Waals surface area contributed by atoms with E-state index >= 15 is 0 Å². The van der Waals surface area contributed by atoms with Crippen molar-refractivity contribution in [3.05, 3.63) is 134 Å². The summed E-state index contributed by atoms with van der Waals surface area (Å²) in [5.41, 5.74) is 5.70. The first-order chi connectivity index (χ1) is 24.6. The van der Waals surface area contributed by atoms with Crippen LogP contribution in [-0.4, -0.2) is 49.8 Å². The van der Waals surface area contributed by atoms with Crippen LogP contribution in [0.25, 0.3) is 33.4 Å². The van der Waals surface area contributed by atoms with Crippen LogP contribution < -0.4 is 9.47 Å². The first kappa shape index (κ1) is 31.8. The molecule has 4 aromatic carbocycles. The van der Waals surface area contributed by atoms with Crippen molar-refractivity contribution in [1.29, 1.82) is 0 Å². The van der Waals surface area contributed by atoms with E-state index in [1.165, 1.54) is 11.8 Å². The lowest BCUT2D eigenvalue weighted by Crippen LogP contribution is -2.43. The van der Waals surface area contributed by atoms with Crippen molar-refractivity contribution in [1.82, 2.24) is 24.9 Å². The summed E-state index contributed by atoms with van der Waals surface area (Å²) in [6.07, 6.45) is 5.85. The van der Waals surface area contributed by atoms with E-state index in [9.17, 15) is 4.79 Å². The first-order valence-corrected chi connectivity index (χ1v) is 17.8. The third-order valence-electron chi connectivity index (χ3n) is 9.89. The molecule has 8 nitrogen and oxygen atoms in total. The summed E-state index contributed by atoms with van der Waals surface area (Å²) in [4.78, 5) is 20.7. The molecule has 2 fully saturated rings. The van der Waals surface area contributed by atoms with Crippen molar-refractivity contribution in [3.8, 4) is 39.8 Å². The normalized spacial score (nSPS) is 19.3. The van der Waals surface area contributed by atoms with Gasteiger partial charge in [0.2, 0.25) is 0 Å². The van der Waals surface area contributed by atoms with Crippen LogP contribution in [0.3, 0.4) is 0 Å². The lowest BCUT2D eigenvalue weighted by Gasteiger charge is -2.39. The van der Waals surface area contributed by atoms with Crippen molar-refractivity contribution in [3.63, 3.8) is 0 Å². The second kappa shape index (κ2) is 13.8. The largest absolute Gasteiger partial charge is 0.497 e. The fourth-order valence-electron chi connectivity index (χ4n) is 7.27. The van der Waals surface area contributed by atoms with Crippen LogP contribution in [0, 0.1) is 11.8 Å². The number of benzene rings is 4. The first-order valence-electron chi connectivity index (χ1n) is 16.9. The van der Waals surface area contributed by atoms with Gasteiger partial charge in [-0.25, -0.2) is 4.98 Å². The molecule has 2 aliphatic rings. The maximum Gasteiger partial charge on any atom is 0.282 e. The van der Waals surface area contributed by atoms with Crippen molar-refractivity contribution in [2.75, 3.05) is 13.7 Å². The number of methoxy groups -OCH3 is 1. The molecular weight excluding hydrogens is 643 g/mol. The van der Waals surface area contributed by atoms with E-state index in [1.807, 2.05) is 114 Å². The van der Waals surface area contributed by atoms with Gasteiger partial charge >= 0.3 is 0 Å². The third kappa shape index (κ3) is 6.36. The van der Waals surface area contributed by atoms with E-state index in [2.05, 4.69) is 33.9 Å². The Morgan fingerprint density at radius 3 is 2.38 bits per heavy atom. The Labute approximate surface area is 295 Å². The van der Waals surface area contributed by atoms with Crippen LogP contribution in [0.5, 0.6) is 17.2 Å². The summed E-state index contributed by atoms with van der Waals surface area (Å²) < 4.78 is 13.6. The number of ether oxygens (including phenoxy) is 2. The Kier molecular flexibility index (Phi) is 8.81. The number of rotatable bonds is 10. The molecular formula is C41H37N5O3S. The molecule has 2 aromatic heterocycles. The fourth-order valence-corrected chi connectivity index (χ4v) is 8.59. The highest BCUT2D eigenvalue weighted by Crippen LogP contribution is 2.51. The van der Waals surface area contributed by atoms with E-state index in [0.717, 1.165) is 75.6 Å². The Hall–Kier alpha value is -5.41. The number of fused-ring (bicyclic) bond motifs is 2. The second-order valence-corrected chi connectivity index (χ2v) is 14.0. The van der Waals surface area contributed by atoms with E-state index < -0.39 is 0 Å². The van der Waals surface area contributed by atoms with Crippen molar-refractivity contribution in [2.45, 2.75) is 30.7 Å². The molecule has 9 heteroatoms. The third-order valence-corrected chi connectivity index (χ3v) is 11.2. The molecule has 0 saturated carbocycles. The Morgan fingerprint density at radius 1 is 0.900 bits per heavy atom. The second-order valence-electron chi connectivity index (χ2n) is 12.9. The van der Waals surface area contributed by atoms with E-state index in [-0.39, 0.29) is 22.4 Å². The molecule has 0 bridgehead atoms. The van der Waals surface area contributed by atoms with Gasteiger partial charge in [-0.05, 0) is 90.9 Å². The zero-order valence-corrected chi connectivity index (χ0v) is 28.6. The summed E-state index contributed by atoms with van der Waals surface area (Å²) >= 11 is 1.43. The highest BCUT2D eigenvalue weighted by molar-refractivity contribution is 8.14. The standard InChI is InChI=1S/C41H37N5O3S/c1-3-27(25-45-26-38(43-44-45)28-10-6-4-7-11-28)30-20-21-46-39(22-30)40(50-41(46)47)35-24-37(42-36-19-18-33(48-2)23-34(35)36)29-14-16-32(17-15-29)49-31-12-8-5-9-13-31/h3-19,23-24,26-27,30,39-40H,1,20-22,25H2,2H3. The summed E-state index contributed by atoms with van der Waals surface area (Å²) in [7, 11) is 1.68. The van der Waals surface area contributed by atoms with Gasteiger partial charge in [0.25, 0.3) is 5.24 Å². The van der Waals surface area contributed by atoms with Crippen LogP contribution >= 0.6 is 11.8 Å². The van der Waals surface area contributed by atoms with Gasteiger partial charge < -0.3 is 14.4 Å². The molecule has 4 heterocycles. The summed E-state index contributed by atoms with van der Waals surface area (Å²) in [6.45, 7) is 5.64. The Bertz CT molecular complexity index is 2140. The van der Waals surface area contributed by atoms with Gasteiger partial charge in [0, 0.05) is 35.6 Å². The lowest BCUT2D eigenvalue weighted by atomic mass is 9.79. The summed E-state index contributed by atoms with van der Waals surface area (Å²) in [5, 5.41) is 9.96. The molecule has 0 radical (unpaired) electrons. The number of carbonyl (C=O) groups is 1. The van der Waals surface area contributed by atoms with Crippen molar-refractivity contribution >= 4 is 27.9 Å². The number of nitrogens with zero attached hydrogens (tertiary/aromatic N) is 5. The monoisotopic (exact) mass is 679 g/mol. The van der Waals surface area contributed by atoms with E-state index in [0.29, 0.717) is 12.5 Å². The van der Waals surface area contributed by atoms with E-state index in [1.54, 1.807) is 7.11 Å². The molecule has 0 N–H and O–H groups in total. The predicted molar refractivity (Wildman–Crippen MR) is 198 cm³/mol. The molecule has 1 amide bonds. The fraction of sp³-hybridized carbons (Fsp3) is 0.220. The number of carbonyl (C=O) groups excluding carboxylic acids is 1. The zero-order valence-electron chi connectivity index (χ0n) is 27.8. The predicted octanol–water partition coefficient (Wildman–Crippen LogP) is 9.45. The van der Waals surface area contributed by atoms with Gasteiger partial charge in [-0.2, -0.15) is 0 Å². The van der Waals surface area contributed by atoms with E-state index in [4.69, 9.17) is 14.5 Å². The molecule has 2 saturated heterocycles. The molecule has 50 heavy (non-hydrogen) atoms. The number of para-hydroxylation sites is 1. The van der Waals surface area contributed by atoms with Gasteiger partial charge in [-0.1, -0.05) is 71.6 Å².